The highest BCUT2D eigenvalue weighted by molar-refractivity contribution is 6.31. The average molecular weight is 330 g/mol. The van der Waals surface area contributed by atoms with Gasteiger partial charge in [-0.05, 0) is 24.6 Å². The van der Waals surface area contributed by atoms with E-state index in [-0.39, 0.29) is 16.7 Å². The minimum atomic E-state index is -2.79. The van der Waals surface area contributed by atoms with E-state index in [2.05, 4.69) is 9.97 Å². The number of aryl methyl sites for hydroxylation is 1. The minimum Gasteiger partial charge on any atom is -0.482 e. The Labute approximate surface area is 130 Å². The van der Waals surface area contributed by atoms with Crippen molar-refractivity contribution in [3.8, 4) is 17.0 Å². The van der Waals surface area contributed by atoms with Crippen molar-refractivity contribution >= 4 is 17.4 Å². The van der Waals surface area contributed by atoms with E-state index in [1.807, 2.05) is 6.92 Å². The first-order chi connectivity index (χ1) is 10.4. The average Bonchev–Trinajstić information content (AvgIpc) is 2.49. The number of aliphatic hydroxyl groups is 1. The van der Waals surface area contributed by atoms with Gasteiger partial charge in [-0.15, -0.1) is 0 Å². The first kappa shape index (κ1) is 16.4. The molecule has 118 valence electrons. The SMILES string of the molecule is Cc1ccc(OC(CO)C(F)F)cc1-c1cnc(N)c(Cl)n1. The van der Waals surface area contributed by atoms with Gasteiger partial charge in [-0.1, -0.05) is 17.7 Å². The molecule has 0 saturated carbocycles. The number of aromatic nitrogens is 2. The van der Waals surface area contributed by atoms with Gasteiger partial charge in [0.05, 0.1) is 18.5 Å². The molecule has 1 heterocycles. The van der Waals surface area contributed by atoms with Gasteiger partial charge in [-0.3, -0.25) is 0 Å². The van der Waals surface area contributed by atoms with Crippen LogP contribution in [0, 0.1) is 6.92 Å². The second-order valence-electron chi connectivity index (χ2n) is 4.58. The lowest BCUT2D eigenvalue weighted by Crippen LogP contribution is -2.29. The van der Waals surface area contributed by atoms with Crippen LogP contribution >= 0.6 is 11.6 Å². The number of anilines is 1. The van der Waals surface area contributed by atoms with Crippen LogP contribution in [-0.4, -0.2) is 34.2 Å². The summed E-state index contributed by atoms with van der Waals surface area (Å²) in [6.07, 6.45) is -2.94. The number of ether oxygens (including phenoxy) is 1. The number of nitrogens with zero attached hydrogens (tertiary/aromatic N) is 2. The molecule has 0 radical (unpaired) electrons. The third-order valence-corrected chi connectivity index (χ3v) is 3.27. The molecule has 1 aromatic carbocycles. The number of nitrogens with two attached hydrogens (primary N) is 1. The van der Waals surface area contributed by atoms with Gasteiger partial charge in [0.2, 0.25) is 0 Å². The van der Waals surface area contributed by atoms with Crippen LogP contribution in [0.5, 0.6) is 5.75 Å². The Morgan fingerprint density at radius 1 is 1.41 bits per heavy atom. The van der Waals surface area contributed by atoms with Gasteiger partial charge in [-0.2, -0.15) is 0 Å². The Balaban J connectivity index is 2.36. The van der Waals surface area contributed by atoms with Gasteiger partial charge in [0.1, 0.15) is 5.75 Å². The molecular weight excluding hydrogens is 316 g/mol. The number of aliphatic hydroxyl groups excluding tert-OH is 1. The first-order valence-corrected chi connectivity index (χ1v) is 6.75. The molecule has 0 aliphatic heterocycles. The summed E-state index contributed by atoms with van der Waals surface area (Å²) in [5.74, 6) is 0.295. The van der Waals surface area contributed by atoms with Crippen LogP contribution in [-0.2, 0) is 0 Å². The van der Waals surface area contributed by atoms with Gasteiger partial charge < -0.3 is 15.6 Å². The number of alkyl halides is 2. The lowest BCUT2D eigenvalue weighted by Gasteiger charge is -2.17. The maximum atomic E-state index is 12.6. The van der Waals surface area contributed by atoms with Crippen LogP contribution in [0.3, 0.4) is 0 Å². The highest BCUT2D eigenvalue weighted by Gasteiger charge is 2.21. The second kappa shape index (κ2) is 6.85. The van der Waals surface area contributed by atoms with E-state index in [1.54, 1.807) is 6.07 Å². The van der Waals surface area contributed by atoms with Crippen LogP contribution in [0.1, 0.15) is 5.56 Å². The van der Waals surface area contributed by atoms with E-state index in [0.717, 1.165) is 5.56 Å². The van der Waals surface area contributed by atoms with Gasteiger partial charge in [0, 0.05) is 5.56 Å². The van der Waals surface area contributed by atoms with Crippen molar-refractivity contribution in [1.29, 1.82) is 0 Å². The van der Waals surface area contributed by atoms with Gasteiger partial charge in [0.15, 0.2) is 17.1 Å². The van der Waals surface area contributed by atoms with Gasteiger partial charge in [-0.25, -0.2) is 18.7 Å². The van der Waals surface area contributed by atoms with Crippen molar-refractivity contribution in [3.05, 3.63) is 35.1 Å². The molecule has 0 spiro atoms. The molecule has 1 atom stereocenters. The summed E-state index contributed by atoms with van der Waals surface area (Å²) in [5, 5.41) is 8.97. The summed E-state index contributed by atoms with van der Waals surface area (Å²) in [6.45, 7) is 1.04. The molecule has 3 N–H and O–H groups in total. The topological polar surface area (TPSA) is 81.3 Å². The monoisotopic (exact) mass is 329 g/mol. The molecule has 22 heavy (non-hydrogen) atoms. The smallest absolute Gasteiger partial charge is 0.277 e. The zero-order valence-corrected chi connectivity index (χ0v) is 12.4. The number of hydrogen-bond donors (Lipinski definition) is 2. The highest BCUT2D eigenvalue weighted by atomic mass is 35.5. The summed E-state index contributed by atoms with van der Waals surface area (Å²) in [6, 6.07) is 4.77. The van der Waals surface area contributed by atoms with Gasteiger partial charge in [0.25, 0.3) is 6.43 Å². The summed E-state index contributed by atoms with van der Waals surface area (Å²) in [4.78, 5) is 8.02. The number of nitrogen functional groups attached to an aromatic ring is 1. The maximum absolute atomic E-state index is 12.6. The Morgan fingerprint density at radius 3 is 2.73 bits per heavy atom. The van der Waals surface area contributed by atoms with Crippen molar-refractivity contribution in [2.45, 2.75) is 19.5 Å². The molecule has 0 fully saturated rings. The number of benzene rings is 1. The zero-order valence-electron chi connectivity index (χ0n) is 11.6. The van der Waals surface area contributed by atoms with Crippen molar-refractivity contribution in [3.63, 3.8) is 0 Å². The maximum Gasteiger partial charge on any atom is 0.277 e. The molecule has 0 aliphatic rings. The van der Waals surface area contributed by atoms with E-state index < -0.39 is 19.1 Å². The fourth-order valence-electron chi connectivity index (χ4n) is 1.80. The van der Waals surface area contributed by atoms with Crippen LogP contribution in [0.4, 0.5) is 14.6 Å². The highest BCUT2D eigenvalue weighted by Crippen LogP contribution is 2.28. The normalized spacial score (nSPS) is 12.5. The molecule has 0 aliphatic carbocycles. The lowest BCUT2D eigenvalue weighted by molar-refractivity contribution is -0.0186. The standard InChI is InChI=1S/C14H14ClF2N3O2/c1-7-2-3-8(22-11(6-21)13(16)17)4-9(7)10-5-19-14(18)12(15)20-10/h2-5,11,13,21H,6H2,1H3,(H2,18,19). The summed E-state index contributed by atoms with van der Waals surface area (Å²) in [5.41, 5.74) is 7.41. The molecule has 1 aromatic heterocycles. The molecule has 0 saturated heterocycles. The molecular formula is C14H14ClF2N3O2. The quantitative estimate of drug-likeness (QED) is 0.881. The fourth-order valence-corrected chi connectivity index (χ4v) is 1.94. The zero-order chi connectivity index (χ0) is 16.3. The molecule has 0 bridgehead atoms. The number of rotatable bonds is 5. The molecule has 8 heteroatoms. The van der Waals surface area contributed by atoms with Crippen LogP contribution in [0.2, 0.25) is 5.15 Å². The fraction of sp³-hybridized carbons (Fsp3) is 0.286. The van der Waals surface area contributed by atoms with E-state index in [4.69, 9.17) is 27.2 Å². The number of halogens is 3. The number of hydrogen-bond acceptors (Lipinski definition) is 5. The molecule has 2 aromatic rings. The summed E-state index contributed by atoms with van der Waals surface area (Å²) >= 11 is 5.84. The van der Waals surface area contributed by atoms with Crippen molar-refractivity contribution < 1.29 is 18.6 Å². The summed E-state index contributed by atoms with van der Waals surface area (Å²) in [7, 11) is 0. The first-order valence-electron chi connectivity index (χ1n) is 6.37. The molecule has 0 amide bonds. The minimum absolute atomic E-state index is 0.0593. The Morgan fingerprint density at radius 2 is 2.14 bits per heavy atom. The third-order valence-electron chi connectivity index (χ3n) is 2.99. The van der Waals surface area contributed by atoms with Crippen molar-refractivity contribution in [1.82, 2.24) is 9.97 Å². The van der Waals surface area contributed by atoms with Crippen molar-refractivity contribution in [2.75, 3.05) is 12.3 Å². The third kappa shape index (κ3) is 3.61. The molecule has 1 unspecified atom stereocenters. The van der Waals surface area contributed by atoms with Crippen LogP contribution < -0.4 is 10.5 Å². The predicted molar refractivity (Wildman–Crippen MR) is 79.1 cm³/mol. The largest absolute Gasteiger partial charge is 0.482 e. The second-order valence-corrected chi connectivity index (χ2v) is 4.94. The van der Waals surface area contributed by atoms with Crippen LogP contribution in [0.15, 0.2) is 24.4 Å². The van der Waals surface area contributed by atoms with E-state index in [9.17, 15) is 8.78 Å². The Bertz CT molecular complexity index is 671. The van der Waals surface area contributed by atoms with Crippen molar-refractivity contribution in [2.24, 2.45) is 0 Å². The molecule has 2 rings (SSSR count). The summed E-state index contributed by atoms with van der Waals surface area (Å²) < 4.78 is 30.4. The van der Waals surface area contributed by atoms with E-state index in [0.29, 0.717) is 11.3 Å². The molecule has 5 nitrogen and oxygen atoms in total. The van der Waals surface area contributed by atoms with Gasteiger partial charge >= 0.3 is 0 Å². The Kier molecular flexibility index (Phi) is 5.10. The Hall–Kier alpha value is -1.99. The predicted octanol–water partition coefficient (Wildman–Crippen LogP) is 2.69. The lowest BCUT2D eigenvalue weighted by atomic mass is 10.1. The van der Waals surface area contributed by atoms with E-state index >= 15 is 0 Å². The van der Waals surface area contributed by atoms with Crippen LogP contribution in [0.25, 0.3) is 11.3 Å². The van der Waals surface area contributed by atoms with E-state index in [1.165, 1.54) is 18.3 Å².